The van der Waals surface area contributed by atoms with Crippen molar-refractivity contribution in [3.05, 3.63) is 35.6 Å². The van der Waals surface area contributed by atoms with E-state index in [4.69, 9.17) is 0 Å². The predicted molar refractivity (Wildman–Crippen MR) is 59.7 cm³/mol. The van der Waals surface area contributed by atoms with E-state index in [-0.39, 0.29) is 5.82 Å². The van der Waals surface area contributed by atoms with Crippen LogP contribution < -0.4 is 5.32 Å². The Kier molecular flexibility index (Phi) is 7.03. The molecule has 0 aromatic heterocycles. The molecule has 1 nitrogen and oxygen atoms in total. The molecule has 1 N–H and O–H groups in total. The minimum Gasteiger partial charge on any atom is -0.310 e. The third-order valence-electron chi connectivity index (χ3n) is 1.60. The minimum absolute atomic E-state index is 0.168. The first-order valence-corrected chi connectivity index (χ1v) is 5.16. The Morgan fingerprint density at radius 3 is 2.43 bits per heavy atom. The molecule has 0 aliphatic heterocycles. The van der Waals surface area contributed by atoms with Gasteiger partial charge in [-0.3, -0.25) is 0 Å². The van der Waals surface area contributed by atoms with Gasteiger partial charge in [-0.05, 0) is 17.7 Å². The molecule has 1 aromatic carbocycles. The maximum atomic E-state index is 12.7. The monoisotopic (exact) mass is 197 g/mol. The van der Waals surface area contributed by atoms with Gasteiger partial charge in [0.2, 0.25) is 0 Å². The number of benzene rings is 1. The molecule has 80 valence electrons. The van der Waals surface area contributed by atoms with Crippen LogP contribution in [-0.2, 0) is 6.54 Å². The van der Waals surface area contributed by atoms with Crippen LogP contribution in [0.15, 0.2) is 24.3 Å². The zero-order chi connectivity index (χ0) is 11.0. The van der Waals surface area contributed by atoms with Gasteiger partial charge in [-0.25, -0.2) is 4.39 Å². The summed E-state index contributed by atoms with van der Waals surface area (Å²) in [5.74, 6) is -0.168. The summed E-state index contributed by atoms with van der Waals surface area (Å²) in [5, 5.41) is 3.22. The Hall–Kier alpha value is -0.890. The van der Waals surface area contributed by atoms with Crippen molar-refractivity contribution in [2.75, 3.05) is 0 Å². The molecule has 0 aliphatic carbocycles. The fourth-order valence-electron chi connectivity index (χ4n) is 0.969. The van der Waals surface area contributed by atoms with Gasteiger partial charge in [-0.1, -0.05) is 39.8 Å². The second-order valence-corrected chi connectivity index (χ2v) is 3.17. The highest BCUT2D eigenvalue weighted by atomic mass is 19.1. The lowest BCUT2D eigenvalue weighted by molar-refractivity contribution is 0.581. The van der Waals surface area contributed by atoms with Gasteiger partial charge in [-0.15, -0.1) is 0 Å². The number of nitrogens with one attached hydrogen (secondary N) is 1. The Balaban J connectivity index is 0.000000791. The van der Waals surface area contributed by atoms with E-state index in [0.717, 1.165) is 12.1 Å². The second kappa shape index (κ2) is 7.51. The van der Waals surface area contributed by atoms with Crippen molar-refractivity contribution < 1.29 is 4.39 Å². The molecule has 0 bridgehead atoms. The van der Waals surface area contributed by atoms with E-state index in [1.807, 2.05) is 19.9 Å². The van der Waals surface area contributed by atoms with Crippen molar-refractivity contribution >= 4 is 0 Å². The van der Waals surface area contributed by atoms with Crippen LogP contribution in [0, 0.1) is 5.82 Å². The number of hydrogen-bond acceptors (Lipinski definition) is 1. The summed E-state index contributed by atoms with van der Waals surface area (Å²) < 4.78 is 12.7. The van der Waals surface area contributed by atoms with Crippen LogP contribution in [0.2, 0.25) is 0 Å². The zero-order valence-corrected chi connectivity index (χ0v) is 9.47. The normalized spacial score (nSPS) is 9.57. The number of rotatable bonds is 3. The molecule has 0 fully saturated rings. The quantitative estimate of drug-likeness (QED) is 0.783. The van der Waals surface area contributed by atoms with Crippen molar-refractivity contribution in [3.63, 3.8) is 0 Å². The molecule has 2 heteroatoms. The highest BCUT2D eigenvalue weighted by Crippen LogP contribution is 2.02. The van der Waals surface area contributed by atoms with E-state index >= 15 is 0 Å². The molecule has 0 atom stereocenters. The molecule has 0 radical (unpaired) electrons. The summed E-state index contributed by atoms with van der Waals surface area (Å²) in [6.45, 7) is 8.87. The largest absolute Gasteiger partial charge is 0.310 e. The lowest BCUT2D eigenvalue weighted by Crippen LogP contribution is -2.21. The van der Waals surface area contributed by atoms with Crippen molar-refractivity contribution in [2.45, 2.75) is 40.3 Å². The van der Waals surface area contributed by atoms with E-state index < -0.39 is 0 Å². The summed E-state index contributed by atoms with van der Waals surface area (Å²) in [6, 6.07) is 7.09. The van der Waals surface area contributed by atoms with E-state index in [0.29, 0.717) is 6.04 Å². The lowest BCUT2D eigenvalue weighted by Gasteiger charge is -2.07. The van der Waals surface area contributed by atoms with E-state index in [2.05, 4.69) is 19.2 Å². The van der Waals surface area contributed by atoms with E-state index in [1.54, 1.807) is 12.1 Å². The first kappa shape index (κ1) is 13.1. The van der Waals surface area contributed by atoms with Crippen LogP contribution in [0.1, 0.15) is 33.3 Å². The molecular formula is C12H20FN. The number of halogens is 1. The molecule has 14 heavy (non-hydrogen) atoms. The highest BCUT2D eigenvalue weighted by molar-refractivity contribution is 5.15. The first-order valence-electron chi connectivity index (χ1n) is 5.16. The van der Waals surface area contributed by atoms with Gasteiger partial charge in [0.05, 0.1) is 0 Å². The van der Waals surface area contributed by atoms with Crippen molar-refractivity contribution in [2.24, 2.45) is 0 Å². The van der Waals surface area contributed by atoms with Crippen LogP contribution in [-0.4, -0.2) is 6.04 Å². The maximum Gasteiger partial charge on any atom is 0.123 e. The molecule has 1 aromatic rings. The topological polar surface area (TPSA) is 12.0 Å². The Labute approximate surface area is 86.3 Å². The number of hydrogen-bond donors (Lipinski definition) is 1. The molecule has 0 aliphatic rings. The van der Waals surface area contributed by atoms with Crippen molar-refractivity contribution in [3.8, 4) is 0 Å². The van der Waals surface area contributed by atoms with E-state index in [9.17, 15) is 4.39 Å². The van der Waals surface area contributed by atoms with Gasteiger partial charge < -0.3 is 5.32 Å². The molecule has 0 unspecified atom stereocenters. The molecular weight excluding hydrogens is 177 g/mol. The van der Waals surface area contributed by atoms with Crippen LogP contribution in [0.25, 0.3) is 0 Å². The molecule has 0 amide bonds. The Morgan fingerprint density at radius 1 is 1.29 bits per heavy atom. The second-order valence-electron chi connectivity index (χ2n) is 3.17. The summed E-state index contributed by atoms with van der Waals surface area (Å²) in [5.41, 5.74) is 0.990. The maximum absolute atomic E-state index is 12.7. The molecule has 0 spiro atoms. The van der Waals surface area contributed by atoms with E-state index in [1.165, 1.54) is 6.07 Å². The van der Waals surface area contributed by atoms with Gasteiger partial charge in [-0.2, -0.15) is 0 Å². The standard InChI is InChI=1S/C10H14FN.C2H6/c1-8(2)12-7-9-4-3-5-10(11)6-9;1-2/h3-6,8,12H,7H2,1-2H3;1-2H3. The molecule has 1 rings (SSSR count). The lowest BCUT2D eigenvalue weighted by atomic mass is 10.2. The van der Waals surface area contributed by atoms with Crippen molar-refractivity contribution in [1.82, 2.24) is 5.32 Å². The highest BCUT2D eigenvalue weighted by Gasteiger charge is 1.95. The minimum atomic E-state index is -0.168. The van der Waals surface area contributed by atoms with Crippen LogP contribution in [0.3, 0.4) is 0 Å². The van der Waals surface area contributed by atoms with Crippen molar-refractivity contribution in [1.29, 1.82) is 0 Å². The van der Waals surface area contributed by atoms with Crippen LogP contribution >= 0.6 is 0 Å². The summed E-state index contributed by atoms with van der Waals surface area (Å²) >= 11 is 0. The molecule has 0 heterocycles. The fraction of sp³-hybridized carbons (Fsp3) is 0.500. The summed E-state index contributed by atoms with van der Waals surface area (Å²) in [6.07, 6.45) is 0. The van der Waals surface area contributed by atoms with Gasteiger partial charge in [0.1, 0.15) is 5.82 Å². The zero-order valence-electron chi connectivity index (χ0n) is 9.47. The summed E-state index contributed by atoms with van der Waals surface area (Å²) in [4.78, 5) is 0. The first-order chi connectivity index (χ1) is 6.68. The third kappa shape index (κ3) is 5.70. The smallest absolute Gasteiger partial charge is 0.123 e. The Bertz CT molecular complexity index is 246. The Morgan fingerprint density at radius 2 is 1.93 bits per heavy atom. The van der Waals surface area contributed by atoms with Crippen LogP contribution in [0.5, 0.6) is 0 Å². The fourth-order valence-corrected chi connectivity index (χ4v) is 0.969. The average Bonchev–Trinajstić information content (AvgIpc) is 2.18. The molecule has 0 saturated carbocycles. The predicted octanol–water partition coefficient (Wildman–Crippen LogP) is 3.35. The van der Waals surface area contributed by atoms with Crippen LogP contribution in [0.4, 0.5) is 4.39 Å². The van der Waals surface area contributed by atoms with Gasteiger partial charge in [0.25, 0.3) is 0 Å². The van der Waals surface area contributed by atoms with Gasteiger partial charge in [0.15, 0.2) is 0 Å². The molecule has 0 saturated heterocycles. The SMILES string of the molecule is CC.CC(C)NCc1cccc(F)c1. The average molecular weight is 197 g/mol. The summed E-state index contributed by atoms with van der Waals surface area (Å²) in [7, 11) is 0. The third-order valence-corrected chi connectivity index (χ3v) is 1.60. The van der Waals surface area contributed by atoms with Gasteiger partial charge in [0, 0.05) is 12.6 Å². The van der Waals surface area contributed by atoms with Gasteiger partial charge >= 0.3 is 0 Å².